The number of carbonyl (C=O) groups is 4. The highest BCUT2D eigenvalue weighted by Crippen LogP contribution is 2.49. The Bertz CT molecular complexity index is 6660. The monoisotopic (exact) mass is 2420 g/mol. The quantitative estimate of drug-likeness (QED) is 0.0302. The van der Waals surface area contributed by atoms with Gasteiger partial charge in [-0.1, -0.05) is 117 Å². The van der Waals surface area contributed by atoms with Gasteiger partial charge in [0.05, 0.1) is 90.7 Å². The van der Waals surface area contributed by atoms with Gasteiger partial charge in [0.15, 0.2) is 23.3 Å². The smallest absolute Gasteiger partial charge is 0.444 e. The average molecular weight is 2420 g/mol. The second-order valence-corrected chi connectivity index (χ2v) is 48.5. The van der Waals surface area contributed by atoms with Crippen molar-refractivity contribution < 1.29 is 78.9 Å². The molecule has 818 valence electrons. The number of nitrogen functional groups attached to an aromatic ring is 3. The number of piperazine rings is 4. The average Bonchev–Trinajstić information content (AvgIpc) is 1.59. The molecule has 150 heavy (non-hydrogen) atoms. The number of nitrogens with two attached hydrogens (primary N) is 3. The fourth-order valence-electron chi connectivity index (χ4n) is 15.7. The highest BCUT2D eigenvalue weighted by atomic mass is 79.9. The highest BCUT2D eigenvalue weighted by molar-refractivity contribution is 9.10. The zero-order chi connectivity index (χ0) is 107. The van der Waals surface area contributed by atoms with Crippen molar-refractivity contribution >= 4 is 291 Å². The standard InChI is InChI=1S/C22H30BClFN3O4S.C21H22Cl2FN5O2S.C19H16Cl2FN5OS.C16H18BrClFN3O2S.C12H24B2O4.C5H4BrClN2.4CH4/c1-20(2,3)30-19(29)28-10-8-27(9-11-28)18-13-12-14(24)15(16(25)17(13)26-33-18)23-31-21(4,5)22(6,7)32-23;1-21(2,3)31-20(30)29-8-6-28(7-9-29)19-11-10-13(23)15(16(24)17(11)27-32-19)18-12(22)4-5-14(25)26-18;1-2-14(28)26-5-7-27(8-6-26)19-10-9-12(21)15(16(22)17(10)25-29-19)18-11(20)3-4-13(23)24-18;1-16(2,3)24-15(23)22-6-4-21(5-7-22)14-9-8-10(18)11(17)12(19)13(9)20-25-14;1-9(2)10(3,4)16-13(15-9)14-17-11(5,6)12(7,8)18-14;6-5-3(7)1-2-4(8)9-5;;;;/h12H,8-11H2,1-7H3;4-5,10H,6-9H2,1-3H3,(H2,25,26);2-4,9H,1,5-8H2,(H2,23,24);8H,4-7H2,1-3H3;1-8H3;1-2H,(H2,8,9);4*1H4. The lowest BCUT2D eigenvalue weighted by Crippen LogP contribution is -2.50. The van der Waals surface area contributed by atoms with Crippen molar-refractivity contribution in [2.24, 2.45) is 0 Å². The van der Waals surface area contributed by atoms with Crippen molar-refractivity contribution in [3.05, 3.63) is 141 Å². The zero-order valence-corrected chi connectivity index (χ0v) is 96.1. The van der Waals surface area contributed by atoms with Gasteiger partial charge in [-0.05, 0) is 290 Å². The molecule has 0 atom stereocenters. The van der Waals surface area contributed by atoms with E-state index < -0.39 is 72.4 Å². The number of amides is 4. The number of ether oxygens (including phenoxy) is 3. The van der Waals surface area contributed by atoms with Crippen LogP contribution >= 0.6 is 159 Å². The molecule has 14 heterocycles. The molecule has 51 heteroatoms. The van der Waals surface area contributed by atoms with Crippen LogP contribution in [0.15, 0.2) is 82.4 Å². The lowest BCUT2D eigenvalue weighted by molar-refractivity contribution is -0.126. The van der Waals surface area contributed by atoms with E-state index >= 15 is 13.2 Å². The minimum Gasteiger partial charge on any atom is -0.444 e. The predicted octanol–water partition coefficient (Wildman–Crippen LogP) is 25.9. The van der Waals surface area contributed by atoms with Crippen molar-refractivity contribution in [2.45, 2.75) is 226 Å². The number of fused-ring (bicyclic) bond motifs is 4. The fourth-order valence-corrected chi connectivity index (χ4v) is 21.5. The maximum Gasteiger partial charge on any atom is 0.499 e. The molecule has 7 fully saturated rings. The summed E-state index contributed by atoms with van der Waals surface area (Å²) in [6.07, 6.45) is 0.345. The maximum atomic E-state index is 15.6. The number of halogens is 13. The molecule has 6 N–H and O–H groups in total. The molecule has 0 unspecified atom stereocenters. The van der Waals surface area contributed by atoms with E-state index in [1.165, 1.54) is 64.3 Å². The van der Waals surface area contributed by atoms with Crippen molar-refractivity contribution in [3.8, 4) is 22.5 Å². The molecule has 7 aliphatic heterocycles. The lowest BCUT2D eigenvalue weighted by Gasteiger charge is -2.36. The Kier molecular flexibility index (Phi) is 41.3. The molecule has 7 aliphatic rings. The second-order valence-electron chi connectivity index (χ2n) is 41.1. The predicted molar refractivity (Wildman–Crippen MR) is 617 cm³/mol. The first-order chi connectivity index (χ1) is 67.9. The summed E-state index contributed by atoms with van der Waals surface area (Å²) >= 11 is 54.7. The minimum atomic E-state index is -0.908. The number of rotatable bonds is 9. The Balaban J connectivity index is 0.000000204. The van der Waals surface area contributed by atoms with Crippen LogP contribution in [0.4, 0.5) is 69.4 Å². The van der Waals surface area contributed by atoms with Gasteiger partial charge in [-0.15, -0.1) is 0 Å². The Hall–Kier alpha value is -7.83. The van der Waals surface area contributed by atoms with Crippen LogP contribution in [0.5, 0.6) is 0 Å². The van der Waals surface area contributed by atoms with E-state index in [2.05, 4.69) is 90.5 Å². The van der Waals surface area contributed by atoms with Gasteiger partial charge >= 0.3 is 39.4 Å². The van der Waals surface area contributed by atoms with Crippen molar-refractivity contribution in [1.29, 1.82) is 0 Å². The van der Waals surface area contributed by atoms with Gasteiger partial charge < -0.3 is 98.5 Å². The van der Waals surface area contributed by atoms with Crippen molar-refractivity contribution in [2.75, 3.05) is 142 Å². The van der Waals surface area contributed by atoms with Crippen LogP contribution < -0.4 is 42.3 Å². The number of carbonyl (C=O) groups excluding carboxylic acids is 4. The van der Waals surface area contributed by atoms with Crippen LogP contribution in [-0.2, 0) is 46.9 Å². The van der Waals surface area contributed by atoms with Gasteiger partial charge in [-0.25, -0.2) is 46.9 Å². The largest absolute Gasteiger partial charge is 0.499 e. The van der Waals surface area contributed by atoms with Crippen LogP contribution in [-0.4, -0.2) is 252 Å². The summed E-state index contributed by atoms with van der Waals surface area (Å²) in [5, 5.41) is 7.84. The first-order valence-electron chi connectivity index (χ1n) is 46.5. The van der Waals surface area contributed by atoms with Gasteiger partial charge in [-0.2, -0.15) is 17.5 Å². The van der Waals surface area contributed by atoms with Crippen LogP contribution in [0.3, 0.4) is 0 Å². The van der Waals surface area contributed by atoms with Gasteiger partial charge in [0.1, 0.15) is 80.9 Å². The molecular formula is C99H130B3Br2Cl7F4N18O13S4. The van der Waals surface area contributed by atoms with Crippen molar-refractivity contribution in [3.63, 3.8) is 0 Å². The van der Waals surface area contributed by atoms with E-state index in [0.29, 0.717) is 152 Å². The zero-order valence-electron chi connectivity index (χ0n) is 84.4. The normalized spacial score (nSPS) is 17.5. The second kappa shape index (κ2) is 49.3. The summed E-state index contributed by atoms with van der Waals surface area (Å²) in [5.41, 5.74) is 14.2. The third kappa shape index (κ3) is 28.4. The van der Waals surface area contributed by atoms with Gasteiger partial charge in [0, 0.05) is 137 Å². The number of nitrogens with zero attached hydrogens (tertiary/aromatic N) is 15. The van der Waals surface area contributed by atoms with Gasteiger partial charge in [-0.3, -0.25) is 4.79 Å². The van der Waals surface area contributed by atoms with Crippen LogP contribution in [0.1, 0.15) is 175 Å². The Labute approximate surface area is 944 Å². The lowest BCUT2D eigenvalue weighted by atomic mass is 9.49. The molecule has 11 aromatic rings. The minimum absolute atomic E-state index is 0. The number of hydrogen-bond donors (Lipinski definition) is 3. The molecule has 0 saturated carbocycles. The molecular weight excluding hydrogens is 2290 g/mol. The van der Waals surface area contributed by atoms with Gasteiger partial charge in [0.2, 0.25) is 5.91 Å². The Morgan fingerprint density at radius 1 is 0.380 bits per heavy atom. The summed E-state index contributed by atoms with van der Waals surface area (Å²) in [4.78, 5) is 75.8. The molecule has 18 rings (SSSR count). The van der Waals surface area contributed by atoms with E-state index in [0.717, 1.165) is 20.0 Å². The molecule has 0 aliphatic carbocycles. The van der Waals surface area contributed by atoms with E-state index in [4.69, 9.17) is 141 Å². The highest BCUT2D eigenvalue weighted by Gasteiger charge is 2.64. The number of benzene rings is 4. The van der Waals surface area contributed by atoms with Gasteiger partial charge in [0.25, 0.3) is 0 Å². The van der Waals surface area contributed by atoms with E-state index in [-0.39, 0.29) is 162 Å². The van der Waals surface area contributed by atoms with Crippen LogP contribution in [0.2, 0.25) is 35.2 Å². The third-order valence-corrected chi connectivity index (χ3v) is 33.2. The SMILES string of the molecule is C.C.C.C.C=CC(=O)N1CCN(c2snc3c(F)c(-c4nc(N)ccc4Cl)c(Cl)cc23)CC1.CC(C)(C)OC(=O)N1CCN(c2snc3c(F)c(-c4nc(N)ccc4Cl)c(Cl)cc23)CC1.CC(C)(C)OC(=O)N1CCN(c2snc3c(F)c(B4OC(C)(C)C(C)(C)O4)c(Cl)cc23)CC1.CC(C)(C)OC(=O)N1CCN(c2snc3c(F)c(Br)c(Cl)cc23)CC1.CC1(C)OB(B2OC(C)(C)C(C)(C)O2)OC1(C)C.Nc1ccc(Cl)c(Br)n1. The summed E-state index contributed by atoms with van der Waals surface area (Å²) in [5.74, 6) is -1.36. The molecule has 0 bridgehead atoms. The maximum absolute atomic E-state index is 15.6. The summed E-state index contributed by atoms with van der Waals surface area (Å²) in [6.45, 7) is 53.0. The van der Waals surface area contributed by atoms with E-state index in [9.17, 15) is 23.6 Å². The molecule has 31 nitrogen and oxygen atoms in total. The number of pyridine rings is 3. The fraction of sp³-hybridized carbons (Fsp3) is 0.505. The number of hydrogen-bond acceptors (Lipinski definition) is 31. The molecule has 7 saturated heterocycles. The third-order valence-electron chi connectivity index (χ3n) is 25.6. The first kappa shape index (κ1) is 126. The molecule has 0 spiro atoms. The summed E-state index contributed by atoms with van der Waals surface area (Å²) in [7, 11) is -1.86. The topological polar surface area (TPSA) is 346 Å². The number of anilines is 7. The molecule has 0 radical (unpaired) electrons. The number of aromatic nitrogens is 7. The molecule has 4 amide bonds. The molecule has 7 aromatic heterocycles. The van der Waals surface area contributed by atoms with E-state index in [1.807, 2.05) is 145 Å². The van der Waals surface area contributed by atoms with Crippen LogP contribution in [0, 0.1) is 23.3 Å². The first-order valence-corrected chi connectivity index (χ1v) is 53.8. The molecule has 4 aromatic carbocycles. The Morgan fingerprint density at radius 2 is 0.640 bits per heavy atom. The summed E-state index contributed by atoms with van der Waals surface area (Å²) < 4.78 is 131. The van der Waals surface area contributed by atoms with Crippen molar-refractivity contribution in [1.82, 2.24) is 52.0 Å². The summed E-state index contributed by atoms with van der Waals surface area (Å²) in [6, 6.07) is 16.3. The van der Waals surface area contributed by atoms with Crippen LogP contribution in [0.25, 0.3) is 66.1 Å². The van der Waals surface area contributed by atoms with E-state index in [1.54, 1.807) is 68.1 Å². The Morgan fingerprint density at radius 3 is 0.927 bits per heavy atom.